The highest BCUT2D eigenvalue weighted by Gasteiger charge is 2.37. The third kappa shape index (κ3) is 3.42. The Hall–Kier alpha value is -0.680. The van der Waals surface area contributed by atoms with Crippen molar-refractivity contribution in [1.29, 1.82) is 0 Å². The second-order valence-corrected chi connectivity index (χ2v) is 4.74. The standard InChI is InChI=1S/C11H20N2O2S/c1-15-8-4-5-9(14)13-11(10(12)16)6-2-3-7-11/h2-8H2,1H3,(H2,12,16)(H,13,14). The van der Waals surface area contributed by atoms with Crippen LogP contribution in [0, 0.1) is 0 Å². The average molecular weight is 244 g/mol. The second kappa shape index (κ2) is 6.15. The Balaban J connectivity index is 2.43. The minimum absolute atomic E-state index is 0.0201. The number of hydrogen-bond donors (Lipinski definition) is 2. The van der Waals surface area contributed by atoms with Crippen molar-refractivity contribution in [3.63, 3.8) is 0 Å². The van der Waals surface area contributed by atoms with E-state index in [0.717, 1.165) is 32.1 Å². The quantitative estimate of drug-likeness (QED) is 0.543. The highest BCUT2D eigenvalue weighted by molar-refractivity contribution is 7.80. The molecule has 1 aliphatic rings. The van der Waals surface area contributed by atoms with Gasteiger partial charge in [-0.2, -0.15) is 0 Å². The maximum absolute atomic E-state index is 11.7. The van der Waals surface area contributed by atoms with E-state index in [2.05, 4.69) is 5.32 Å². The summed E-state index contributed by atoms with van der Waals surface area (Å²) in [5.74, 6) is 0.0201. The Labute approximate surface area is 102 Å². The van der Waals surface area contributed by atoms with Gasteiger partial charge in [0.1, 0.15) is 0 Å². The van der Waals surface area contributed by atoms with Crippen LogP contribution in [0.2, 0.25) is 0 Å². The normalized spacial score (nSPS) is 18.3. The molecular weight excluding hydrogens is 224 g/mol. The SMILES string of the molecule is COCCCC(=O)NC1(C(N)=S)CCCC1. The molecule has 92 valence electrons. The van der Waals surface area contributed by atoms with Gasteiger partial charge in [-0.25, -0.2) is 0 Å². The van der Waals surface area contributed by atoms with Crippen molar-refractivity contribution in [2.24, 2.45) is 5.73 Å². The smallest absolute Gasteiger partial charge is 0.220 e. The van der Waals surface area contributed by atoms with Gasteiger partial charge in [-0.1, -0.05) is 25.1 Å². The molecule has 0 aromatic carbocycles. The first-order chi connectivity index (χ1) is 7.60. The van der Waals surface area contributed by atoms with Gasteiger partial charge in [-0.15, -0.1) is 0 Å². The van der Waals surface area contributed by atoms with Crippen molar-refractivity contribution >= 4 is 23.1 Å². The molecule has 0 saturated heterocycles. The molecule has 4 nitrogen and oxygen atoms in total. The van der Waals surface area contributed by atoms with Gasteiger partial charge in [0.15, 0.2) is 0 Å². The van der Waals surface area contributed by atoms with Crippen LogP contribution in [-0.2, 0) is 9.53 Å². The van der Waals surface area contributed by atoms with Crippen LogP contribution in [0.25, 0.3) is 0 Å². The molecule has 3 N–H and O–H groups in total. The maximum atomic E-state index is 11.7. The molecule has 1 fully saturated rings. The summed E-state index contributed by atoms with van der Waals surface area (Å²) in [5, 5.41) is 2.99. The highest BCUT2D eigenvalue weighted by Crippen LogP contribution is 2.30. The van der Waals surface area contributed by atoms with Crippen molar-refractivity contribution in [3.8, 4) is 0 Å². The molecule has 0 aromatic heterocycles. The van der Waals surface area contributed by atoms with E-state index >= 15 is 0 Å². The summed E-state index contributed by atoms with van der Waals surface area (Å²) in [6.45, 7) is 0.605. The second-order valence-electron chi connectivity index (χ2n) is 4.30. The van der Waals surface area contributed by atoms with E-state index in [4.69, 9.17) is 22.7 Å². The lowest BCUT2D eigenvalue weighted by Gasteiger charge is -2.29. The Bertz CT molecular complexity index is 263. The van der Waals surface area contributed by atoms with Crippen LogP contribution in [0.1, 0.15) is 38.5 Å². The van der Waals surface area contributed by atoms with Gasteiger partial charge in [-0.3, -0.25) is 4.79 Å². The van der Waals surface area contributed by atoms with Gasteiger partial charge in [0.2, 0.25) is 5.91 Å². The van der Waals surface area contributed by atoms with Crippen LogP contribution in [0.4, 0.5) is 0 Å². The fourth-order valence-corrected chi connectivity index (χ4v) is 2.37. The van der Waals surface area contributed by atoms with Crippen LogP contribution in [0.5, 0.6) is 0 Å². The molecule has 0 aromatic rings. The molecule has 1 amide bonds. The van der Waals surface area contributed by atoms with Crippen molar-refractivity contribution in [2.75, 3.05) is 13.7 Å². The number of methoxy groups -OCH3 is 1. The van der Waals surface area contributed by atoms with Crippen LogP contribution >= 0.6 is 12.2 Å². The zero-order valence-electron chi connectivity index (χ0n) is 9.75. The summed E-state index contributed by atoms with van der Waals surface area (Å²) < 4.78 is 4.90. The molecule has 16 heavy (non-hydrogen) atoms. The number of carbonyl (C=O) groups excluding carboxylic acids is 1. The van der Waals surface area contributed by atoms with E-state index in [1.54, 1.807) is 7.11 Å². The predicted octanol–water partition coefficient (Wildman–Crippen LogP) is 1.13. The zero-order valence-corrected chi connectivity index (χ0v) is 10.6. The summed E-state index contributed by atoms with van der Waals surface area (Å²) >= 11 is 5.06. The molecule has 0 atom stereocenters. The van der Waals surface area contributed by atoms with Crippen molar-refractivity contribution in [1.82, 2.24) is 5.32 Å². The van der Waals surface area contributed by atoms with E-state index in [1.165, 1.54) is 0 Å². The molecule has 0 radical (unpaired) electrons. The van der Waals surface area contributed by atoms with E-state index in [9.17, 15) is 4.79 Å². The van der Waals surface area contributed by atoms with Gasteiger partial charge in [-0.05, 0) is 19.3 Å². The Morgan fingerprint density at radius 3 is 2.62 bits per heavy atom. The average Bonchev–Trinajstić information content (AvgIpc) is 2.68. The lowest BCUT2D eigenvalue weighted by molar-refractivity contribution is -0.122. The summed E-state index contributed by atoms with van der Waals surface area (Å²) in [7, 11) is 1.63. The molecule has 1 saturated carbocycles. The summed E-state index contributed by atoms with van der Waals surface area (Å²) in [6.07, 6.45) is 5.11. The van der Waals surface area contributed by atoms with Crippen LogP contribution < -0.4 is 11.1 Å². The summed E-state index contributed by atoms with van der Waals surface area (Å²) in [4.78, 5) is 12.1. The van der Waals surface area contributed by atoms with E-state index in [-0.39, 0.29) is 5.91 Å². The Kier molecular flexibility index (Phi) is 5.15. The third-order valence-electron chi connectivity index (χ3n) is 3.06. The van der Waals surface area contributed by atoms with Crippen LogP contribution in [0.15, 0.2) is 0 Å². The number of thiocarbonyl (C=S) groups is 1. The Morgan fingerprint density at radius 2 is 2.12 bits per heavy atom. The van der Waals surface area contributed by atoms with Gasteiger partial charge >= 0.3 is 0 Å². The molecule has 5 heteroatoms. The molecule has 0 heterocycles. The molecule has 0 unspecified atom stereocenters. The largest absolute Gasteiger partial charge is 0.391 e. The number of carbonyl (C=O) groups is 1. The molecule has 1 rings (SSSR count). The first-order valence-corrected chi connectivity index (χ1v) is 6.11. The molecule has 0 aliphatic heterocycles. The number of nitrogens with one attached hydrogen (secondary N) is 1. The zero-order chi connectivity index (χ0) is 12.0. The van der Waals surface area contributed by atoms with Gasteiger partial charge < -0.3 is 15.8 Å². The summed E-state index contributed by atoms with van der Waals surface area (Å²) in [6, 6.07) is 0. The fourth-order valence-electron chi connectivity index (χ4n) is 2.12. The van der Waals surface area contributed by atoms with Crippen molar-refractivity contribution in [2.45, 2.75) is 44.1 Å². The van der Waals surface area contributed by atoms with E-state index in [0.29, 0.717) is 18.0 Å². The minimum atomic E-state index is -0.417. The predicted molar refractivity (Wildman–Crippen MR) is 67.2 cm³/mol. The number of amides is 1. The highest BCUT2D eigenvalue weighted by atomic mass is 32.1. The third-order valence-corrected chi connectivity index (χ3v) is 3.45. The molecule has 1 aliphatic carbocycles. The first kappa shape index (κ1) is 13.4. The lowest BCUT2D eigenvalue weighted by atomic mass is 9.97. The Morgan fingerprint density at radius 1 is 1.50 bits per heavy atom. The summed E-state index contributed by atoms with van der Waals surface area (Å²) in [5.41, 5.74) is 5.31. The monoisotopic (exact) mass is 244 g/mol. The van der Waals surface area contributed by atoms with Crippen molar-refractivity contribution < 1.29 is 9.53 Å². The van der Waals surface area contributed by atoms with Crippen LogP contribution in [-0.4, -0.2) is 30.2 Å². The number of nitrogens with two attached hydrogens (primary N) is 1. The van der Waals surface area contributed by atoms with Gasteiger partial charge in [0.25, 0.3) is 0 Å². The fraction of sp³-hybridized carbons (Fsp3) is 0.818. The maximum Gasteiger partial charge on any atom is 0.220 e. The molecular formula is C11H20N2O2S. The minimum Gasteiger partial charge on any atom is -0.391 e. The van der Waals surface area contributed by atoms with Gasteiger partial charge in [0.05, 0.1) is 10.5 Å². The topological polar surface area (TPSA) is 64.3 Å². The number of hydrogen-bond acceptors (Lipinski definition) is 3. The van der Waals surface area contributed by atoms with E-state index in [1.807, 2.05) is 0 Å². The van der Waals surface area contributed by atoms with Gasteiger partial charge in [0, 0.05) is 20.1 Å². The van der Waals surface area contributed by atoms with E-state index < -0.39 is 5.54 Å². The first-order valence-electron chi connectivity index (χ1n) is 5.70. The number of rotatable bonds is 6. The molecule has 0 bridgehead atoms. The lowest BCUT2D eigenvalue weighted by Crippen LogP contribution is -2.54. The number of ether oxygens (including phenoxy) is 1. The van der Waals surface area contributed by atoms with Crippen molar-refractivity contribution in [3.05, 3.63) is 0 Å². The van der Waals surface area contributed by atoms with Crippen LogP contribution in [0.3, 0.4) is 0 Å². The molecule has 0 spiro atoms.